The number of pyridine rings is 1. The molecule has 10 heteroatoms. The lowest BCUT2D eigenvalue weighted by Gasteiger charge is -2.21. The molecule has 2 heterocycles. The molecular formula is C24H23ClN4O4S. The number of hydrogen-bond acceptors (Lipinski definition) is 6. The van der Waals surface area contributed by atoms with Crippen molar-refractivity contribution < 1.29 is 13.3 Å². The third-order valence-electron chi connectivity index (χ3n) is 5.64. The lowest BCUT2D eigenvalue weighted by atomic mass is 10.1. The highest BCUT2D eigenvalue weighted by atomic mass is 35.5. The molecule has 2 aromatic heterocycles. The first-order valence-electron chi connectivity index (χ1n) is 10.7. The Bertz CT molecular complexity index is 1450. The molecule has 8 nitrogen and oxygen atoms in total. The molecule has 4 aromatic rings. The maximum absolute atomic E-state index is 12.9. The van der Waals surface area contributed by atoms with E-state index in [-0.39, 0.29) is 21.3 Å². The zero-order valence-corrected chi connectivity index (χ0v) is 20.3. The molecular weight excluding hydrogens is 476 g/mol. The maximum Gasteiger partial charge on any atom is 0.352 e. The number of aromatic nitrogens is 2. The van der Waals surface area contributed by atoms with E-state index in [4.69, 9.17) is 11.6 Å². The second-order valence-corrected chi connectivity index (χ2v) is 10.1. The van der Waals surface area contributed by atoms with Crippen molar-refractivity contribution in [3.8, 4) is 11.1 Å². The SMILES string of the molecule is CCN(CC)c1ccc(-c2cc(Cl)cn3c([N+](=O)[O-])c(CS(=O)(=O)c4ccccc4)nc23)cc1. The van der Waals surface area contributed by atoms with E-state index in [0.29, 0.717) is 5.56 Å². The lowest BCUT2D eigenvalue weighted by molar-refractivity contribution is -0.391. The van der Waals surface area contributed by atoms with Gasteiger partial charge in [0.15, 0.2) is 15.5 Å². The fourth-order valence-corrected chi connectivity index (χ4v) is 5.48. The minimum atomic E-state index is -3.84. The Labute approximate surface area is 202 Å². The molecule has 0 saturated carbocycles. The molecule has 0 spiro atoms. The fraction of sp³-hybridized carbons (Fsp3) is 0.208. The van der Waals surface area contributed by atoms with E-state index in [1.807, 2.05) is 24.3 Å². The van der Waals surface area contributed by atoms with Crippen LogP contribution >= 0.6 is 11.6 Å². The van der Waals surface area contributed by atoms with Gasteiger partial charge in [0, 0.05) is 18.8 Å². The Hall–Kier alpha value is -3.43. The van der Waals surface area contributed by atoms with Gasteiger partial charge in [-0.1, -0.05) is 41.9 Å². The molecule has 0 N–H and O–H groups in total. The molecule has 0 bridgehead atoms. The summed E-state index contributed by atoms with van der Waals surface area (Å²) in [5, 5.41) is 12.2. The van der Waals surface area contributed by atoms with Crippen LogP contribution in [0.5, 0.6) is 0 Å². The molecule has 176 valence electrons. The average Bonchev–Trinajstić information content (AvgIpc) is 3.17. The zero-order chi connectivity index (χ0) is 24.5. The van der Waals surface area contributed by atoms with Crippen LogP contribution in [0.1, 0.15) is 19.5 Å². The number of fused-ring (bicyclic) bond motifs is 1. The molecule has 0 aliphatic rings. The van der Waals surface area contributed by atoms with Crippen LogP contribution < -0.4 is 4.90 Å². The predicted octanol–water partition coefficient (Wildman–Crippen LogP) is 5.38. The van der Waals surface area contributed by atoms with Crippen molar-refractivity contribution in [2.75, 3.05) is 18.0 Å². The Kier molecular flexibility index (Phi) is 6.58. The van der Waals surface area contributed by atoms with Crippen molar-refractivity contribution in [2.24, 2.45) is 0 Å². The van der Waals surface area contributed by atoms with E-state index < -0.39 is 26.3 Å². The molecule has 0 aliphatic heterocycles. The molecule has 4 rings (SSSR count). The Morgan fingerprint density at radius 1 is 1.06 bits per heavy atom. The molecule has 0 fully saturated rings. The second-order valence-electron chi connectivity index (χ2n) is 7.70. The summed E-state index contributed by atoms with van der Waals surface area (Å²) in [7, 11) is -3.84. The van der Waals surface area contributed by atoms with E-state index in [0.717, 1.165) is 24.3 Å². The van der Waals surface area contributed by atoms with Crippen LogP contribution in [0.2, 0.25) is 5.02 Å². The summed E-state index contributed by atoms with van der Waals surface area (Å²) in [5.74, 6) is -1.02. The highest BCUT2D eigenvalue weighted by molar-refractivity contribution is 7.90. The van der Waals surface area contributed by atoms with Gasteiger partial charge in [-0.25, -0.2) is 13.4 Å². The number of nitrogens with zero attached hydrogens (tertiary/aromatic N) is 4. The van der Waals surface area contributed by atoms with Gasteiger partial charge in [-0.3, -0.25) is 0 Å². The van der Waals surface area contributed by atoms with Crippen LogP contribution in [-0.2, 0) is 15.6 Å². The summed E-state index contributed by atoms with van der Waals surface area (Å²) in [4.78, 5) is 18.0. The third kappa shape index (κ3) is 4.49. The summed E-state index contributed by atoms with van der Waals surface area (Å²) in [6.07, 6.45) is 1.38. The largest absolute Gasteiger partial charge is 0.372 e. The third-order valence-corrected chi connectivity index (χ3v) is 7.49. The van der Waals surface area contributed by atoms with Gasteiger partial charge in [-0.2, -0.15) is 4.40 Å². The summed E-state index contributed by atoms with van der Waals surface area (Å²) in [6.45, 7) is 5.88. The predicted molar refractivity (Wildman–Crippen MR) is 133 cm³/mol. The molecule has 0 amide bonds. The van der Waals surface area contributed by atoms with Crippen molar-refractivity contribution in [1.29, 1.82) is 0 Å². The molecule has 0 saturated heterocycles. The number of sulfone groups is 1. The van der Waals surface area contributed by atoms with Crippen LogP contribution in [0.3, 0.4) is 0 Å². The smallest absolute Gasteiger partial charge is 0.352 e. The van der Waals surface area contributed by atoms with Crippen molar-refractivity contribution in [3.63, 3.8) is 0 Å². The first-order chi connectivity index (χ1) is 16.2. The van der Waals surface area contributed by atoms with E-state index >= 15 is 0 Å². The van der Waals surface area contributed by atoms with Gasteiger partial charge in [0.2, 0.25) is 5.65 Å². The number of imidazole rings is 1. The van der Waals surface area contributed by atoms with E-state index in [1.54, 1.807) is 24.3 Å². The second kappa shape index (κ2) is 9.44. The number of halogens is 1. The average molecular weight is 499 g/mol. The van der Waals surface area contributed by atoms with Crippen LogP contribution in [-0.4, -0.2) is 35.8 Å². The van der Waals surface area contributed by atoms with Gasteiger partial charge >= 0.3 is 5.82 Å². The van der Waals surface area contributed by atoms with Gasteiger partial charge in [0.25, 0.3) is 0 Å². The maximum atomic E-state index is 12.9. The number of nitro groups is 1. The molecule has 0 radical (unpaired) electrons. The molecule has 0 aliphatic carbocycles. The van der Waals surface area contributed by atoms with Gasteiger partial charge in [0.05, 0.1) is 15.5 Å². The quantitative estimate of drug-likeness (QED) is 0.239. The minimum Gasteiger partial charge on any atom is -0.372 e. The lowest BCUT2D eigenvalue weighted by Crippen LogP contribution is -2.21. The van der Waals surface area contributed by atoms with Crippen molar-refractivity contribution in [2.45, 2.75) is 24.5 Å². The molecule has 2 aromatic carbocycles. The van der Waals surface area contributed by atoms with Crippen LogP contribution in [0, 0.1) is 10.1 Å². The van der Waals surface area contributed by atoms with Crippen molar-refractivity contribution in [3.05, 3.63) is 87.7 Å². The molecule has 0 atom stereocenters. The molecule has 34 heavy (non-hydrogen) atoms. The minimum absolute atomic E-state index is 0.0756. The highest BCUT2D eigenvalue weighted by Gasteiger charge is 2.30. The number of benzene rings is 2. The Morgan fingerprint density at radius 2 is 1.71 bits per heavy atom. The normalized spacial score (nSPS) is 11.6. The van der Waals surface area contributed by atoms with Crippen LogP contribution in [0.4, 0.5) is 11.5 Å². The Morgan fingerprint density at radius 3 is 2.29 bits per heavy atom. The van der Waals surface area contributed by atoms with E-state index in [1.165, 1.54) is 22.7 Å². The van der Waals surface area contributed by atoms with E-state index in [2.05, 4.69) is 23.7 Å². The summed E-state index contributed by atoms with van der Waals surface area (Å²) in [5.41, 5.74) is 2.52. The topological polar surface area (TPSA) is 97.8 Å². The first kappa shape index (κ1) is 23.7. The summed E-state index contributed by atoms with van der Waals surface area (Å²) >= 11 is 6.32. The van der Waals surface area contributed by atoms with Crippen molar-refractivity contribution in [1.82, 2.24) is 9.38 Å². The Balaban J connectivity index is 1.85. The fourth-order valence-electron chi connectivity index (χ4n) is 3.98. The van der Waals surface area contributed by atoms with Gasteiger partial charge in [-0.05, 0) is 54.7 Å². The van der Waals surface area contributed by atoms with Gasteiger partial charge in [-0.15, -0.1) is 0 Å². The summed E-state index contributed by atoms with van der Waals surface area (Å²) in [6, 6.07) is 17.2. The monoisotopic (exact) mass is 498 g/mol. The van der Waals surface area contributed by atoms with Gasteiger partial charge in [0.1, 0.15) is 11.9 Å². The van der Waals surface area contributed by atoms with Crippen molar-refractivity contribution >= 4 is 38.6 Å². The van der Waals surface area contributed by atoms with Gasteiger partial charge < -0.3 is 15.0 Å². The number of hydrogen-bond donors (Lipinski definition) is 0. The first-order valence-corrected chi connectivity index (χ1v) is 12.8. The zero-order valence-electron chi connectivity index (χ0n) is 18.7. The number of anilines is 1. The standard InChI is InChI=1S/C24H23ClN4O4S/c1-3-27(4-2)19-12-10-17(11-13-19)21-14-18(25)15-28-23(21)26-22(24(28)29(30)31)16-34(32,33)20-8-6-5-7-9-20/h5-15H,3-4,16H2,1-2H3. The van der Waals surface area contributed by atoms with Crippen LogP contribution in [0.15, 0.2) is 71.8 Å². The van der Waals surface area contributed by atoms with Crippen LogP contribution in [0.25, 0.3) is 16.8 Å². The van der Waals surface area contributed by atoms with E-state index in [9.17, 15) is 18.5 Å². The number of rotatable bonds is 8. The summed E-state index contributed by atoms with van der Waals surface area (Å²) < 4.78 is 27.1. The highest BCUT2D eigenvalue weighted by Crippen LogP contribution is 2.34. The molecule has 0 unspecified atom stereocenters.